The van der Waals surface area contributed by atoms with Crippen LogP contribution in [0.25, 0.3) is 50.4 Å². The van der Waals surface area contributed by atoms with Crippen molar-refractivity contribution in [1.82, 2.24) is 28.2 Å². The topological polar surface area (TPSA) is 51.9 Å². The van der Waals surface area contributed by atoms with E-state index in [0.717, 1.165) is 36.4 Å². The summed E-state index contributed by atoms with van der Waals surface area (Å²) in [5.74, 6) is -6.79. The molecule has 0 bridgehead atoms. The molecule has 0 aliphatic rings. The zero-order valence-electron chi connectivity index (χ0n) is 15.9. The van der Waals surface area contributed by atoms with Gasteiger partial charge >= 0.3 is 0 Å². The van der Waals surface area contributed by atoms with Crippen molar-refractivity contribution in [3.8, 4) is 0 Å². The van der Waals surface area contributed by atoms with E-state index in [1.165, 1.54) is 13.2 Å². The minimum absolute atomic E-state index is 0.0299. The van der Waals surface area contributed by atoms with Gasteiger partial charge in [-0.25, -0.2) is 54.5 Å². The summed E-state index contributed by atoms with van der Waals surface area (Å²) in [6.07, 6.45) is 0. The van der Waals surface area contributed by atoms with Crippen LogP contribution in [0.5, 0.6) is 0 Å². The van der Waals surface area contributed by atoms with Gasteiger partial charge in [0, 0.05) is 36.4 Å². The molecule has 12 heteroatoms. The fourth-order valence-corrected chi connectivity index (χ4v) is 4.22. The zero-order valence-corrected chi connectivity index (χ0v) is 15.9. The minimum atomic E-state index is -1.15. The van der Waals surface area contributed by atoms with Crippen molar-refractivity contribution in [2.45, 2.75) is 0 Å². The SMILES string of the molecule is Fc1cc2nc3n(c2cc1F)c1nc2cc(F)c(F)cc2n1c1nc2cc(F)c(F)cc2n31. The van der Waals surface area contributed by atoms with Gasteiger partial charge in [-0.1, -0.05) is 0 Å². The fraction of sp³-hybridized carbons (Fsp3) is 0. The van der Waals surface area contributed by atoms with Gasteiger partial charge in [0.2, 0.25) is 17.3 Å². The van der Waals surface area contributed by atoms with Crippen LogP contribution in [0.4, 0.5) is 26.3 Å². The highest BCUT2D eigenvalue weighted by atomic mass is 19.2. The lowest BCUT2D eigenvalue weighted by molar-refractivity contribution is 0.510. The first-order chi connectivity index (χ1) is 15.8. The van der Waals surface area contributed by atoms with Crippen molar-refractivity contribution in [2.24, 2.45) is 0 Å². The highest BCUT2D eigenvalue weighted by molar-refractivity contribution is 5.91. The van der Waals surface area contributed by atoms with Gasteiger partial charge in [0.05, 0.1) is 33.1 Å². The predicted octanol–water partition coefficient (Wildman–Crippen LogP) is 4.92. The molecule has 0 fully saturated rings. The smallest absolute Gasteiger partial charge is 0.225 e. The molecule has 0 N–H and O–H groups in total. The van der Waals surface area contributed by atoms with Gasteiger partial charge in [-0.15, -0.1) is 0 Å². The number of hydrogen-bond donors (Lipinski definition) is 0. The molecular weight excluding hydrogens is 450 g/mol. The summed E-state index contributed by atoms with van der Waals surface area (Å²) in [6.45, 7) is 0. The van der Waals surface area contributed by atoms with Gasteiger partial charge in [-0.3, -0.25) is 0 Å². The molecule has 0 radical (unpaired) electrons. The number of fused-ring (bicyclic) bond motifs is 12. The molecule has 6 nitrogen and oxygen atoms in total. The minimum Gasteiger partial charge on any atom is -0.246 e. The average Bonchev–Trinajstić information content (AvgIpc) is 3.41. The third kappa shape index (κ3) is 2.17. The first-order valence-electron chi connectivity index (χ1n) is 9.45. The van der Waals surface area contributed by atoms with Gasteiger partial charge in [0.25, 0.3) is 0 Å². The molecule has 3 aromatic carbocycles. The van der Waals surface area contributed by atoms with Crippen molar-refractivity contribution in [1.29, 1.82) is 0 Å². The normalized spacial score (nSPS) is 12.5. The van der Waals surface area contributed by atoms with Crippen molar-refractivity contribution in [3.05, 3.63) is 71.3 Å². The van der Waals surface area contributed by atoms with Crippen LogP contribution in [-0.4, -0.2) is 28.2 Å². The molecule has 0 saturated carbocycles. The number of nitrogens with zero attached hydrogens (tertiary/aromatic N) is 6. The standard InChI is InChI=1S/C21H6F6N6/c22-7-1-13-16(4-10(7)25)31-19(28-13)32-17-5-11(26)8(23)2-14(17)30-21(32)33-18-6-12(27)9(24)3-15(18)29-20(31)33/h1-6H. The Balaban J connectivity index is 1.87. The largest absolute Gasteiger partial charge is 0.246 e. The summed E-state index contributed by atoms with van der Waals surface area (Å²) in [5, 5.41) is 0. The van der Waals surface area contributed by atoms with Crippen LogP contribution in [0, 0.1) is 34.9 Å². The maximum Gasteiger partial charge on any atom is 0.225 e. The molecular formula is C21H6F6N6. The third-order valence-electron chi connectivity index (χ3n) is 5.64. The Morgan fingerprint density at radius 2 is 0.636 bits per heavy atom. The summed E-state index contributed by atoms with van der Waals surface area (Å²) >= 11 is 0. The summed E-state index contributed by atoms with van der Waals surface area (Å²) in [7, 11) is 0. The van der Waals surface area contributed by atoms with E-state index in [9.17, 15) is 26.3 Å². The quantitative estimate of drug-likeness (QED) is 0.305. The number of aromatic nitrogens is 6. The highest BCUT2D eigenvalue weighted by Gasteiger charge is 2.23. The second-order valence-electron chi connectivity index (χ2n) is 7.51. The van der Waals surface area contributed by atoms with Crippen LogP contribution in [0.2, 0.25) is 0 Å². The first kappa shape index (κ1) is 18.2. The summed E-state index contributed by atoms with van der Waals surface area (Å²) in [5.41, 5.74) is 0.399. The lowest BCUT2D eigenvalue weighted by Crippen LogP contribution is -2.04. The van der Waals surface area contributed by atoms with E-state index in [2.05, 4.69) is 15.0 Å². The van der Waals surface area contributed by atoms with Gasteiger partial charge < -0.3 is 0 Å². The van der Waals surface area contributed by atoms with Crippen molar-refractivity contribution < 1.29 is 26.3 Å². The third-order valence-corrected chi connectivity index (χ3v) is 5.64. The molecule has 162 valence electrons. The Kier molecular flexibility index (Phi) is 3.16. The monoisotopic (exact) mass is 456 g/mol. The van der Waals surface area contributed by atoms with Crippen molar-refractivity contribution >= 4 is 50.4 Å². The molecule has 0 spiro atoms. The number of halogens is 6. The average molecular weight is 456 g/mol. The molecule has 0 unspecified atom stereocenters. The summed E-state index contributed by atoms with van der Waals surface area (Å²) in [6, 6.07) is 5.33. The Hall–Kier alpha value is -4.35. The van der Waals surface area contributed by atoms with E-state index in [-0.39, 0.29) is 50.4 Å². The summed E-state index contributed by atoms with van der Waals surface area (Å²) < 4.78 is 88.1. The molecule has 0 saturated heterocycles. The fourth-order valence-electron chi connectivity index (χ4n) is 4.22. The molecule has 0 amide bonds. The first-order valence-corrected chi connectivity index (χ1v) is 9.45. The Bertz CT molecular complexity index is 1740. The van der Waals surface area contributed by atoms with Crippen LogP contribution in [0.15, 0.2) is 36.4 Å². The molecule has 7 aromatic rings. The second kappa shape index (κ2) is 5.71. The van der Waals surface area contributed by atoms with E-state index in [4.69, 9.17) is 0 Å². The zero-order chi connectivity index (χ0) is 22.8. The van der Waals surface area contributed by atoms with Crippen molar-refractivity contribution in [3.63, 3.8) is 0 Å². The molecule has 4 heterocycles. The predicted molar refractivity (Wildman–Crippen MR) is 105 cm³/mol. The van der Waals surface area contributed by atoms with Gasteiger partial charge in [0.15, 0.2) is 34.9 Å². The van der Waals surface area contributed by atoms with Crippen LogP contribution >= 0.6 is 0 Å². The molecule has 7 rings (SSSR count). The van der Waals surface area contributed by atoms with Gasteiger partial charge in [-0.05, 0) is 0 Å². The highest BCUT2D eigenvalue weighted by Crippen LogP contribution is 2.30. The van der Waals surface area contributed by atoms with Crippen LogP contribution in [0.1, 0.15) is 0 Å². The van der Waals surface area contributed by atoms with E-state index in [1.54, 1.807) is 0 Å². The molecule has 0 aliphatic heterocycles. The van der Waals surface area contributed by atoms with Crippen LogP contribution in [-0.2, 0) is 0 Å². The maximum atomic E-state index is 14.1. The lowest BCUT2D eigenvalue weighted by atomic mass is 10.3. The number of imidazole rings is 3. The van der Waals surface area contributed by atoms with E-state index in [0.29, 0.717) is 0 Å². The van der Waals surface area contributed by atoms with Gasteiger partial charge in [-0.2, -0.15) is 0 Å². The van der Waals surface area contributed by atoms with E-state index >= 15 is 0 Å². The molecule has 0 aliphatic carbocycles. The summed E-state index contributed by atoms with van der Waals surface area (Å²) in [4.78, 5) is 13.0. The van der Waals surface area contributed by atoms with Crippen LogP contribution < -0.4 is 0 Å². The molecule has 4 aromatic heterocycles. The van der Waals surface area contributed by atoms with E-state index < -0.39 is 34.9 Å². The van der Waals surface area contributed by atoms with E-state index in [1.807, 2.05) is 0 Å². The lowest BCUT2D eigenvalue weighted by Gasteiger charge is -2.05. The maximum absolute atomic E-state index is 14.1. The molecule has 0 atom stereocenters. The van der Waals surface area contributed by atoms with Crippen molar-refractivity contribution in [2.75, 3.05) is 0 Å². The van der Waals surface area contributed by atoms with Gasteiger partial charge in [0.1, 0.15) is 0 Å². The number of rotatable bonds is 0. The van der Waals surface area contributed by atoms with Crippen LogP contribution in [0.3, 0.4) is 0 Å². The Labute approximate surface area is 176 Å². The number of benzene rings is 3. The Morgan fingerprint density at radius 1 is 0.394 bits per heavy atom. The number of hydrogen-bond acceptors (Lipinski definition) is 3. The second-order valence-corrected chi connectivity index (χ2v) is 7.51. The Morgan fingerprint density at radius 3 is 0.909 bits per heavy atom. The molecule has 33 heavy (non-hydrogen) atoms.